The van der Waals surface area contributed by atoms with Gasteiger partial charge in [-0.05, 0) is 30.6 Å². The molecule has 0 bridgehead atoms. The van der Waals surface area contributed by atoms with Crippen molar-refractivity contribution in [2.75, 3.05) is 12.5 Å². The van der Waals surface area contributed by atoms with Crippen molar-refractivity contribution in [1.82, 2.24) is 15.0 Å². The van der Waals surface area contributed by atoms with Gasteiger partial charge in [-0.15, -0.1) is 4.98 Å². The van der Waals surface area contributed by atoms with E-state index in [0.29, 0.717) is 5.92 Å². The van der Waals surface area contributed by atoms with Gasteiger partial charge in [-0.1, -0.05) is 20.8 Å². The quantitative estimate of drug-likeness (QED) is 0.641. The number of anilines is 1. The Labute approximate surface area is 119 Å². The van der Waals surface area contributed by atoms with Gasteiger partial charge in [0.1, 0.15) is 6.10 Å². The van der Waals surface area contributed by atoms with Gasteiger partial charge in [0.05, 0.1) is 7.11 Å². The summed E-state index contributed by atoms with van der Waals surface area (Å²) in [5.41, 5.74) is 2.65. The maximum atomic E-state index is 5.91. The van der Waals surface area contributed by atoms with E-state index in [1.807, 2.05) is 0 Å². The summed E-state index contributed by atoms with van der Waals surface area (Å²) in [7, 11) is 1.49. The highest BCUT2D eigenvalue weighted by Crippen LogP contribution is 2.39. The second-order valence-electron chi connectivity index (χ2n) is 6.23. The molecule has 1 fully saturated rings. The van der Waals surface area contributed by atoms with Gasteiger partial charge in [-0.2, -0.15) is 9.97 Å². The lowest BCUT2D eigenvalue weighted by molar-refractivity contribution is 0.0494. The summed E-state index contributed by atoms with van der Waals surface area (Å²) in [4.78, 5) is 12.2. The van der Waals surface area contributed by atoms with Crippen molar-refractivity contribution in [3.8, 4) is 12.0 Å². The SMILES string of the molecule is COc1nc(NN)nc(OC2CC(C)CC(C)(C)C2)n1. The number of hydrogen-bond donors (Lipinski definition) is 2. The Bertz CT molecular complexity index is 444. The molecule has 1 saturated carbocycles. The molecule has 2 rings (SSSR count). The Morgan fingerprint density at radius 2 is 1.90 bits per heavy atom. The monoisotopic (exact) mass is 281 g/mol. The zero-order chi connectivity index (χ0) is 14.8. The van der Waals surface area contributed by atoms with Gasteiger partial charge in [-0.3, -0.25) is 5.43 Å². The number of hydrogen-bond acceptors (Lipinski definition) is 7. The summed E-state index contributed by atoms with van der Waals surface area (Å²) >= 11 is 0. The first kappa shape index (κ1) is 14.8. The average Bonchev–Trinajstić information content (AvgIpc) is 2.35. The highest BCUT2D eigenvalue weighted by Gasteiger charge is 2.33. The highest BCUT2D eigenvalue weighted by atomic mass is 16.5. The normalized spacial score (nSPS) is 25.1. The Morgan fingerprint density at radius 1 is 1.20 bits per heavy atom. The average molecular weight is 281 g/mol. The molecular weight excluding hydrogens is 258 g/mol. The molecule has 112 valence electrons. The second kappa shape index (κ2) is 5.78. The van der Waals surface area contributed by atoms with E-state index in [4.69, 9.17) is 15.3 Å². The third kappa shape index (κ3) is 3.69. The molecule has 7 heteroatoms. The Balaban J connectivity index is 2.12. The number of rotatable bonds is 4. The first-order valence-corrected chi connectivity index (χ1v) is 6.85. The molecule has 7 nitrogen and oxygen atoms in total. The molecule has 2 unspecified atom stereocenters. The molecular formula is C13H23N5O2. The third-order valence-corrected chi connectivity index (χ3v) is 3.52. The molecule has 1 heterocycles. The zero-order valence-electron chi connectivity index (χ0n) is 12.5. The summed E-state index contributed by atoms with van der Waals surface area (Å²) < 4.78 is 10.9. The van der Waals surface area contributed by atoms with Gasteiger partial charge in [0, 0.05) is 0 Å². The van der Waals surface area contributed by atoms with Crippen LogP contribution in [0.15, 0.2) is 0 Å². The number of ether oxygens (including phenoxy) is 2. The zero-order valence-corrected chi connectivity index (χ0v) is 12.5. The Morgan fingerprint density at radius 3 is 2.50 bits per heavy atom. The number of aromatic nitrogens is 3. The van der Waals surface area contributed by atoms with Crippen molar-refractivity contribution in [3.63, 3.8) is 0 Å². The summed E-state index contributed by atoms with van der Waals surface area (Å²) in [6.07, 6.45) is 3.30. The van der Waals surface area contributed by atoms with Crippen molar-refractivity contribution in [3.05, 3.63) is 0 Å². The Kier molecular flexibility index (Phi) is 4.27. The highest BCUT2D eigenvalue weighted by molar-refractivity contribution is 5.25. The fourth-order valence-electron chi connectivity index (χ4n) is 3.04. The first-order chi connectivity index (χ1) is 9.41. The maximum absolute atomic E-state index is 5.91. The van der Waals surface area contributed by atoms with Crippen LogP contribution in [0, 0.1) is 11.3 Å². The second-order valence-corrected chi connectivity index (χ2v) is 6.23. The lowest BCUT2D eigenvalue weighted by Gasteiger charge is -2.38. The number of nitrogens with one attached hydrogen (secondary N) is 1. The lowest BCUT2D eigenvalue weighted by Crippen LogP contribution is -2.34. The standard InChI is InChI=1S/C13H23N5O2/c1-8-5-9(7-13(2,3)6-8)20-12-16-10(18-14)15-11(17-12)19-4/h8-9H,5-7,14H2,1-4H3,(H,15,16,17,18). The molecule has 1 aliphatic rings. The fraction of sp³-hybridized carbons (Fsp3) is 0.769. The number of methoxy groups -OCH3 is 1. The van der Waals surface area contributed by atoms with Crippen molar-refractivity contribution >= 4 is 5.95 Å². The topological polar surface area (TPSA) is 95.2 Å². The van der Waals surface area contributed by atoms with Crippen molar-refractivity contribution in [1.29, 1.82) is 0 Å². The molecule has 3 N–H and O–H groups in total. The van der Waals surface area contributed by atoms with E-state index in [2.05, 4.69) is 41.1 Å². The summed E-state index contributed by atoms with van der Waals surface area (Å²) in [6, 6.07) is 0.436. The van der Waals surface area contributed by atoms with Crippen LogP contribution >= 0.6 is 0 Å². The predicted octanol–water partition coefficient (Wildman–Crippen LogP) is 1.76. The van der Waals surface area contributed by atoms with E-state index >= 15 is 0 Å². The number of nitrogens with two attached hydrogens (primary N) is 1. The number of nitrogen functional groups attached to an aromatic ring is 1. The molecule has 0 amide bonds. The minimum absolute atomic E-state index is 0.103. The van der Waals surface area contributed by atoms with Crippen LogP contribution in [0.25, 0.3) is 0 Å². The van der Waals surface area contributed by atoms with Crippen molar-refractivity contribution in [2.24, 2.45) is 17.2 Å². The van der Waals surface area contributed by atoms with E-state index < -0.39 is 0 Å². The summed E-state index contributed by atoms with van der Waals surface area (Å²) in [5.74, 6) is 6.18. The van der Waals surface area contributed by atoms with Crippen LogP contribution in [-0.2, 0) is 0 Å². The molecule has 0 spiro atoms. The third-order valence-electron chi connectivity index (χ3n) is 3.52. The fourth-order valence-corrected chi connectivity index (χ4v) is 3.04. The van der Waals surface area contributed by atoms with Crippen LogP contribution in [-0.4, -0.2) is 28.2 Å². The van der Waals surface area contributed by atoms with Gasteiger partial charge in [0.15, 0.2) is 0 Å². The van der Waals surface area contributed by atoms with Gasteiger partial charge >= 0.3 is 12.0 Å². The number of nitrogens with zero attached hydrogens (tertiary/aromatic N) is 3. The lowest BCUT2D eigenvalue weighted by atomic mass is 9.71. The van der Waals surface area contributed by atoms with Gasteiger partial charge in [0.2, 0.25) is 5.95 Å². The van der Waals surface area contributed by atoms with Crippen molar-refractivity contribution < 1.29 is 9.47 Å². The van der Waals surface area contributed by atoms with E-state index in [9.17, 15) is 0 Å². The number of hydrazine groups is 1. The van der Waals surface area contributed by atoms with Gasteiger partial charge in [-0.25, -0.2) is 5.84 Å². The molecule has 1 aliphatic carbocycles. The summed E-state index contributed by atoms with van der Waals surface area (Å²) in [6.45, 7) is 6.78. The van der Waals surface area contributed by atoms with Crippen molar-refractivity contribution in [2.45, 2.75) is 46.1 Å². The van der Waals surface area contributed by atoms with Gasteiger partial charge < -0.3 is 9.47 Å². The smallest absolute Gasteiger partial charge is 0.324 e. The largest absolute Gasteiger partial charge is 0.467 e. The minimum atomic E-state index is 0.103. The van der Waals surface area contributed by atoms with Crippen LogP contribution in [0.5, 0.6) is 12.0 Å². The molecule has 0 aromatic carbocycles. The van der Waals surface area contributed by atoms with E-state index in [-0.39, 0.29) is 29.5 Å². The molecule has 1 aromatic rings. The molecule has 2 atom stereocenters. The van der Waals surface area contributed by atoms with Gasteiger partial charge in [0.25, 0.3) is 0 Å². The van der Waals surface area contributed by atoms with Crippen LogP contribution in [0.2, 0.25) is 0 Å². The molecule has 1 aromatic heterocycles. The predicted molar refractivity (Wildman–Crippen MR) is 75.4 cm³/mol. The van der Waals surface area contributed by atoms with E-state index in [1.165, 1.54) is 13.5 Å². The van der Waals surface area contributed by atoms with E-state index in [1.54, 1.807) is 0 Å². The molecule has 0 saturated heterocycles. The van der Waals surface area contributed by atoms with E-state index in [0.717, 1.165) is 12.8 Å². The van der Waals surface area contributed by atoms with Crippen LogP contribution in [0.1, 0.15) is 40.0 Å². The maximum Gasteiger partial charge on any atom is 0.324 e. The summed E-state index contributed by atoms with van der Waals surface area (Å²) in [5, 5.41) is 0. The molecule has 20 heavy (non-hydrogen) atoms. The Hall–Kier alpha value is -1.63. The van der Waals surface area contributed by atoms with Crippen LogP contribution in [0.4, 0.5) is 5.95 Å². The minimum Gasteiger partial charge on any atom is -0.467 e. The first-order valence-electron chi connectivity index (χ1n) is 6.85. The van der Waals surface area contributed by atoms with Crippen LogP contribution in [0.3, 0.4) is 0 Å². The molecule has 0 aliphatic heterocycles. The molecule has 0 radical (unpaired) electrons. The van der Waals surface area contributed by atoms with Crippen LogP contribution < -0.4 is 20.7 Å².